The van der Waals surface area contributed by atoms with Crippen LogP contribution in [0.3, 0.4) is 0 Å². The van der Waals surface area contributed by atoms with Gasteiger partial charge in [0, 0.05) is 4.88 Å². The minimum absolute atomic E-state index is 0.190. The molecule has 1 amide bonds. The zero-order valence-corrected chi connectivity index (χ0v) is 14.8. The van der Waals surface area contributed by atoms with Gasteiger partial charge in [0.05, 0.1) is 17.9 Å². The number of esters is 1. The highest BCUT2D eigenvalue weighted by Crippen LogP contribution is 2.29. The summed E-state index contributed by atoms with van der Waals surface area (Å²) >= 11 is 4.12. The summed E-state index contributed by atoms with van der Waals surface area (Å²) in [6.45, 7) is 5.78. The Labute approximate surface area is 140 Å². The van der Waals surface area contributed by atoms with Crippen LogP contribution in [0.1, 0.15) is 27.2 Å². The Morgan fingerprint density at radius 3 is 2.73 bits per heavy atom. The zero-order chi connectivity index (χ0) is 16.1. The van der Waals surface area contributed by atoms with Gasteiger partial charge < -0.3 is 10.1 Å². The summed E-state index contributed by atoms with van der Waals surface area (Å²) in [4.78, 5) is 24.8. The van der Waals surface area contributed by atoms with Gasteiger partial charge in [-0.3, -0.25) is 4.79 Å². The molecule has 2 heterocycles. The van der Waals surface area contributed by atoms with Crippen LogP contribution in [0.25, 0.3) is 0 Å². The van der Waals surface area contributed by atoms with Crippen LogP contribution in [-0.2, 0) is 9.53 Å². The van der Waals surface area contributed by atoms with Crippen molar-refractivity contribution in [2.45, 2.75) is 25.1 Å². The van der Waals surface area contributed by atoms with Gasteiger partial charge in [0.15, 0.2) is 4.34 Å². The van der Waals surface area contributed by atoms with Crippen LogP contribution in [0.15, 0.2) is 10.4 Å². The molecule has 0 aliphatic carbocycles. The molecular weight excluding hydrogens is 342 g/mol. The lowest BCUT2D eigenvalue weighted by Crippen LogP contribution is -2.15. The number of aromatic nitrogens is 2. The molecule has 0 aromatic carbocycles. The molecule has 6 nitrogen and oxygen atoms in total. The largest absolute Gasteiger partial charge is 0.462 e. The van der Waals surface area contributed by atoms with Gasteiger partial charge in [0.2, 0.25) is 5.91 Å². The highest BCUT2D eigenvalue weighted by atomic mass is 32.2. The van der Waals surface area contributed by atoms with E-state index in [1.54, 1.807) is 13.0 Å². The topological polar surface area (TPSA) is 81.2 Å². The highest BCUT2D eigenvalue weighted by molar-refractivity contribution is 8.01. The van der Waals surface area contributed by atoms with Crippen molar-refractivity contribution in [3.05, 3.63) is 21.5 Å². The first-order valence-corrected chi connectivity index (χ1v) is 9.11. The molecule has 1 N–H and O–H groups in total. The SMILES string of the molecule is CCOC(=O)c1cc(C)sc1NC(=O)CSc1nnc(C)s1. The number of nitrogens with zero attached hydrogens (tertiary/aromatic N) is 2. The molecule has 0 saturated heterocycles. The standard InChI is InChI=1S/C13H15N3O3S3/c1-4-19-12(18)9-5-7(2)21-11(9)14-10(17)6-20-13-16-15-8(3)22-13/h5H,4,6H2,1-3H3,(H,14,17). The quantitative estimate of drug-likeness (QED) is 0.632. The second kappa shape index (κ2) is 7.70. The monoisotopic (exact) mass is 357 g/mol. The first-order valence-electron chi connectivity index (χ1n) is 6.50. The molecule has 0 aliphatic heterocycles. The van der Waals surface area contributed by atoms with E-state index in [0.717, 1.165) is 14.2 Å². The van der Waals surface area contributed by atoms with Gasteiger partial charge in [-0.15, -0.1) is 21.5 Å². The van der Waals surface area contributed by atoms with Gasteiger partial charge in [-0.05, 0) is 26.8 Å². The van der Waals surface area contributed by atoms with Crippen LogP contribution in [-0.4, -0.2) is 34.4 Å². The van der Waals surface area contributed by atoms with Gasteiger partial charge in [-0.1, -0.05) is 23.1 Å². The Morgan fingerprint density at radius 1 is 1.32 bits per heavy atom. The van der Waals surface area contributed by atoms with Crippen molar-refractivity contribution in [2.24, 2.45) is 0 Å². The summed E-state index contributed by atoms with van der Waals surface area (Å²) in [6, 6.07) is 1.72. The first-order chi connectivity index (χ1) is 10.5. The van der Waals surface area contributed by atoms with Crippen molar-refractivity contribution in [3.8, 4) is 0 Å². The number of nitrogens with one attached hydrogen (secondary N) is 1. The average Bonchev–Trinajstić information content (AvgIpc) is 3.03. The van der Waals surface area contributed by atoms with Crippen LogP contribution in [0, 0.1) is 13.8 Å². The van der Waals surface area contributed by atoms with Crippen molar-refractivity contribution < 1.29 is 14.3 Å². The van der Waals surface area contributed by atoms with E-state index in [1.165, 1.54) is 34.4 Å². The van der Waals surface area contributed by atoms with Crippen molar-refractivity contribution in [2.75, 3.05) is 17.7 Å². The summed E-state index contributed by atoms with van der Waals surface area (Å²) < 4.78 is 5.74. The summed E-state index contributed by atoms with van der Waals surface area (Å²) in [5.74, 6) is -0.395. The van der Waals surface area contributed by atoms with E-state index >= 15 is 0 Å². The number of ether oxygens (including phenoxy) is 1. The lowest BCUT2D eigenvalue weighted by molar-refractivity contribution is -0.113. The number of amides is 1. The third-order valence-corrected chi connectivity index (χ3v) is 5.38. The smallest absolute Gasteiger partial charge is 0.341 e. The van der Waals surface area contributed by atoms with E-state index in [9.17, 15) is 9.59 Å². The molecule has 0 bridgehead atoms. The molecule has 2 rings (SSSR count). The Bertz CT molecular complexity index is 681. The molecule has 9 heteroatoms. The Morgan fingerprint density at radius 2 is 2.09 bits per heavy atom. The van der Waals surface area contributed by atoms with Crippen molar-refractivity contribution >= 4 is 51.3 Å². The predicted octanol–water partition coefficient (Wildman–Crippen LogP) is 3.12. The number of anilines is 1. The van der Waals surface area contributed by atoms with Crippen LogP contribution in [0.2, 0.25) is 0 Å². The van der Waals surface area contributed by atoms with E-state index in [4.69, 9.17) is 4.74 Å². The number of thioether (sulfide) groups is 1. The molecule has 22 heavy (non-hydrogen) atoms. The lowest BCUT2D eigenvalue weighted by Gasteiger charge is -2.05. The van der Waals surface area contributed by atoms with E-state index in [1.807, 2.05) is 13.8 Å². The summed E-state index contributed by atoms with van der Waals surface area (Å²) in [5.41, 5.74) is 0.398. The van der Waals surface area contributed by atoms with Crippen molar-refractivity contribution in [3.63, 3.8) is 0 Å². The van der Waals surface area contributed by atoms with Gasteiger partial charge >= 0.3 is 5.97 Å². The van der Waals surface area contributed by atoms with Gasteiger partial charge in [0.1, 0.15) is 10.0 Å². The normalized spacial score (nSPS) is 10.5. The van der Waals surface area contributed by atoms with E-state index in [2.05, 4.69) is 15.5 Å². The molecular formula is C13H15N3O3S3. The molecule has 0 atom stereocenters. The minimum Gasteiger partial charge on any atom is -0.462 e. The highest BCUT2D eigenvalue weighted by Gasteiger charge is 2.18. The third-order valence-electron chi connectivity index (χ3n) is 2.44. The van der Waals surface area contributed by atoms with Crippen LogP contribution >= 0.6 is 34.4 Å². The number of rotatable bonds is 6. The Kier molecular flexibility index (Phi) is 5.92. The predicted molar refractivity (Wildman–Crippen MR) is 89.0 cm³/mol. The molecule has 0 aliphatic rings. The van der Waals surface area contributed by atoms with E-state index in [-0.39, 0.29) is 11.7 Å². The Balaban J connectivity index is 1.97. The molecule has 0 radical (unpaired) electrons. The fraction of sp³-hybridized carbons (Fsp3) is 0.385. The summed E-state index contributed by atoms with van der Waals surface area (Å²) in [5, 5.41) is 12.0. The van der Waals surface area contributed by atoms with Gasteiger partial charge in [0.25, 0.3) is 0 Å². The number of thiophene rings is 1. The van der Waals surface area contributed by atoms with Gasteiger partial charge in [-0.2, -0.15) is 0 Å². The lowest BCUT2D eigenvalue weighted by atomic mass is 10.3. The minimum atomic E-state index is -0.422. The number of hydrogen-bond donors (Lipinski definition) is 1. The van der Waals surface area contributed by atoms with Crippen LogP contribution < -0.4 is 5.32 Å². The first kappa shape index (κ1) is 16.9. The van der Waals surface area contributed by atoms with Crippen molar-refractivity contribution in [1.82, 2.24) is 10.2 Å². The van der Waals surface area contributed by atoms with E-state index < -0.39 is 5.97 Å². The molecule has 0 spiro atoms. The molecule has 2 aromatic rings. The zero-order valence-electron chi connectivity index (χ0n) is 12.3. The molecule has 0 unspecified atom stereocenters. The van der Waals surface area contributed by atoms with Crippen molar-refractivity contribution in [1.29, 1.82) is 0 Å². The number of carbonyl (C=O) groups is 2. The fourth-order valence-electron chi connectivity index (χ4n) is 1.59. The molecule has 2 aromatic heterocycles. The molecule has 0 fully saturated rings. The summed E-state index contributed by atoms with van der Waals surface area (Å²) in [6.07, 6.45) is 0. The maximum atomic E-state index is 12.0. The average molecular weight is 357 g/mol. The second-order valence-corrected chi connectivity index (χ2v) is 7.90. The number of carbonyl (C=O) groups excluding carboxylic acids is 2. The van der Waals surface area contributed by atoms with Gasteiger partial charge in [-0.25, -0.2) is 4.79 Å². The van der Waals surface area contributed by atoms with Crippen LogP contribution in [0.5, 0.6) is 0 Å². The fourth-order valence-corrected chi connectivity index (χ4v) is 4.13. The second-order valence-electron chi connectivity index (χ2n) is 4.24. The van der Waals surface area contributed by atoms with Crippen LogP contribution in [0.4, 0.5) is 5.00 Å². The molecule has 118 valence electrons. The Hall–Kier alpha value is -1.45. The molecule has 0 saturated carbocycles. The third kappa shape index (κ3) is 4.52. The maximum absolute atomic E-state index is 12.0. The number of hydrogen-bond acceptors (Lipinski definition) is 8. The van der Waals surface area contributed by atoms with E-state index in [0.29, 0.717) is 17.2 Å². The maximum Gasteiger partial charge on any atom is 0.341 e. The number of aryl methyl sites for hydroxylation is 2. The summed E-state index contributed by atoms with van der Waals surface area (Å²) in [7, 11) is 0.